The maximum absolute atomic E-state index is 10.7. The van der Waals surface area contributed by atoms with Gasteiger partial charge in [-0.05, 0) is 12.8 Å². The van der Waals surface area contributed by atoms with Crippen molar-refractivity contribution in [1.29, 1.82) is 0 Å². The van der Waals surface area contributed by atoms with E-state index in [0.29, 0.717) is 0 Å². The molecule has 2 aliphatic heterocycles. The zero-order valence-electron chi connectivity index (χ0n) is 7.05. The Morgan fingerprint density at radius 3 is 2.83 bits per heavy atom. The zero-order valence-corrected chi connectivity index (χ0v) is 7.05. The average molecular weight is 168 g/mol. The Balaban J connectivity index is 2.10. The molecule has 2 heterocycles. The number of rotatable bonds is 1. The lowest BCUT2D eigenvalue weighted by Gasteiger charge is -2.35. The second kappa shape index (κ2) is 3.12. The van der Waals surface area contributed by atoms with Crippen molar-refractivity contribution in [2.75, 3.05) is 19.8 Å². The van der Waals surface area contributed by atoms with Gasteiger partial charge in [0, 0.05) is 25.3 Å². The molecule has 4 heteroatoms. The van der Waals surface area contributed by atoms with Gasteiger partial charge in [-0.3, -0.25) is 10.6 Å². The van der Waals surface area contributed by atoms with Crippen LogP contribution in [0.1, 0.15) is 12.8 Å². The molecule has 2 saturated heterocycles. The molecule has 2 aliphatic rings. The zero-order chi connectivity index (χ0) is 8.44. The van der Waals surface area contributed by atoms with Gasteiger partial charge in [-0.25, -0.2) is 5.32 Å². The number of hydrogen-bond donors (Lipinski definition) is 2. The van der Waals surface area contributed by atoms with Crippen LogP contribution in [0.5, 0.6) is 0 Å². The highest BCUT2D eigenvalue weighted by atomic mass is 16.1. The third kappa shape index (κ3) is 1.16. The smallest absolute Gasteiger partial charge is 0.138 e. The lowest BCUT2D eigenvalue weighted by atomic mass is 9.83. The van der Waals surface area contributed by atoms with Crippen LogP contribution < -0.4 is 16.0 Å². The van der Waals surface area contributed by atoms with E-state index in [2.05, 4.69) is 16.0 Å². The fourth-order valence-corrected chi connectivity index (χ4v) is 2.10. The van der Waals surface area contributed by atoms with Crippen LogP contribution >= 0.6 is 0 Å². The Morgan fingerprint density at radius 2 is 2.17 bits per heavy atom. The lowest BCUT2D eigenvalue weighted by molar-refractivity contribution is -0.110. The van der Waals surface area contributed by atoms with Crippen LogP contribution in [0.25, 0.3) is 0 Å². The molecule has 0 aliphatic carbocycles. The van der Waals surface area contributed by atoms with Crippen LogP contribution in [0.3, 0.4) is 0 Å². The van der Waals surface area contributed by atoms with E-state index in [4.69, 9.17) is 0 Å². The van der Waals surface area contributed by atoms with Crippen molar-refractivity contribution < 1.29 is 4.79 Å². The van der Waals surface area contributed by atoms with Gasteiger partial charge in [0.15, 0.2) is 0 Å². The van der Waals surface area contributed by atoms with E-state index >= 15 is 0 Å². The van der Waals surface area contributed by atoms with Gasteiger partial charge in [-0.2, -0.15) is 0 Å². The summed E-state index contributed by atoms with van der Waals surface area (Å²) in [6.07, 6.45) is 3.00. The van der Waals surface area contributed by atoms with Crippen molar-refractivity contribution in [3.63, 3.8) is 0 Å². The number of nitrogens with one attached hydrogen (secondary N) is 2. The molecular weight excluding hydrogens is 154 g/mol. The maximum Gasteiger partial charge on any atom is 0.138 e. The van der Waals surface area contributed by atoms with E-state index < -0.39 is 0 Å². The number of nitrogens with zero attached hydrogens (tertiary/aromatic N) is 1. The van der Waals surface area contributed by atoms with Gasteiger partial charge in [0.1, 0.15) is 6.29 Å². The minimum absolute atomic E-state index is 0.00648. The molecule has 0 bridgehead atoms. The third-order valence-corrected chi connectivity index (χ3v) is 2.93. The van der Waals surface area contributed by atoms with Crippen LogP contribution in [-0.4, -0.2) is 37.6 Å². The molecule has 1 unspecified atom stereocenters. The number of aldehydes is 1. The molecule has 0 saturated carbocycles. The van der Waals surface area contributed by atoms with Crippen molar-refractivity contribution >= 4 is 6.29 Å². The molecule has 1 spiro atoms. The Labute approximate surface area is 72.1 Å². The fraction of sp³-hybridized carbons (Fsp3) is 0.875. The first-order valence-electron chi connectivity index (χ1n) is 4.44. The van der Waals surface area contributed by atoms with Crippen LogP contribution in [0.2, 0.25) is 0 Å². The minimum atomic E-state index is -0.00648. The van der Waals surface area contributed by atoms with Crippen LogP contribution in [0, 0.1) is 0 Å². The number of carbonyl (C=O) groups is 1. The van der Waals surface area contributed by atoms with Crippen molar-refractivity contribution in [2.24, 2.45) is 0 Å². The quantitative estimate of drug-likeness (QED) is 0.486. The van der Waals surface area contributed by atoms with E-state index in [1.165, 1.54) is 0 Å². The van der Waals surface area contributed by atoms with Gasteiger partial charge in [-0.1, -0.05) is 0 Å². The summed E-state index contributed by atoms with van der Waals surface area (Å²) in [5, 5.41) is 10.8. The molecule has 2 fully saturated rings. The van der Waals surface area contributed by atoms with Gasteiger partial charge in [0.2, 0.25) is 0 Å². The second-order valence-electron chi connectivity index (χ2n) is 3.50. The van der Waals surface area contributed by atoms with E-state index in [1.807, 2.05) is 0 Å². The third-order valence-electron chi connectivity index (χ3n) is 2.93. The van der Waals surface area contributed by atoms with Gasteiger partial charge in [-0.15, -0.1) is 0 Å². The second-order valence-corrected chi connectivity index (χ2v) is 3.50. The summed E-state index contributed by atoms with van der Waals surface area (Å²) in [4.78, 5) is 10.7. The topological polar surface area (TPSA) is 55.2 Å². The normalized spacial score (nSPS) is 33.8. The average Bonchev–Trinajstić information content (AvgIpc) is 2.49. The molecule has 0 amide bonds. The molecule has 67 valence electrons. The Kier molecular flexibility index (Phi) is 2.12. The van der Waals surface area contributed by atoms with Crippen molar-refractivity contribution in [3.05, 3.63) is 0 Å². The van der Waals surface area contributed by atoms with Crippen LogP contribution in [-0.2, 0) is 4.79 Å². The molecule has 1 radical (unpaired) electrons. The van der Waals surface area contributed by atoms with Crippen LogP contribution in [0.15, 0.2) is 0 Å². The van der Waals surface area contributed by atoms with E-state index in [1.54, 1.807) is 0 Å². The molecule has 2 rings (SSSR count). The van der Waals surface area contributed by atoms with Crippen LogP contribution in [0.4, 0.5) is 0 Å². The number of piperidine rings is 1. The predicted octanol–water partition coefficient (Wildman–Crippen LogP) is -1.16. The van der Waals surface area contributed by atoms with Gasteiger partial charge < -0.3 is 4.79 Å². The molecule has 4 nitrogen and oxygen atoms in total. The largest absolute Gasteiger partial charge is 0.302 e. The fourth-order valence-electron chi connectivity index (χ4n) is 2.10. The Hall–Kier alpha value is -0.450. The Bertz CT molecular complexity index is 177. The molecule has 0 aromatic rings. The molecule has 0 aromatic heterocycles. The number of hydrogen-bond acceptors (Lipinski definition) is 3. The van der Waals surface area contributed by atoms with Crippen molar-refractivity contribution in [1.82, 2.24) is 16.0 Å². The van der Waals surface area contributed by atoms with Gasteiger partial charge >= 0.3 is 0 Å². The maximum atomic E-state index is 10.7. The van der Waals surface area contributed by atoms with Gasteiger partial charge in [0.05, 0.1) is 6.04 Å². The van der Waals surface area contributed by atoms with Crippen molar-refractivity contribution in [2.45, 2.75) is 24.4 Å². The first-order valence-corrected chi connectivity index (χ1v) is 4.44. The SMILES string of the molecule is O=CC1NCNC12CC[N]CC2. The first-order chi connectivity index (χ1) is 5.87. The van der Waals surface area contributed by atoms with Gasteiger partial charge in [0.25, 0.3) is 0 Å². The molecular formula is C8H14N3O. The van der Waals surface area contributed by atoms with E-state index in [0.717, 1.165) is 38.9 Å². The summed E-state index contributed by atoms with van der Waals surface area (Å²) in [5.41, 5.74) is 0.0174. The monoisotopic (exact) mass is 168 g/mol. The summed E-state index contributed by atoms with van der Waals surface area (Å²) < 4.78 is 0. The standard InChI is InChI=1S/C8H14N3O/c12-5-7-8(11-6-10-7)1-3-9-4-2-8/h5,7,10-11H,1-4,6H2. The lowest BCUT2D eigenvalue weighted by Crippen LogP contribution is -2.55. The molecule has 0 aromatic carbocycles. The van der Waals surface area contributed by atoms with Crippen molar-refractivity contribution in [3.8, 4) is 0 Å². The highest BCUT2D eigenvalue weighted by Crippen LogP contribution is 2.24. The predicted molar refractivity (Wildman–Crippen MR) is 44.8 cm³/mol. The summed E-state index contributed by atoms with van der Waals surface area (Å²) in [5.74, 6) is 0. The summed E-state index contributed by atoms with van der Waals surface area (Å²) in [6.45, 7) is 2.53. The molecule has 12 heavy (non-hydrogen) atoms. The highest BCUT2D eigenvalue weighted by molar-refractivity contribution is 5.61. The minimum Gasteiger partial charge on any atom is -0.302 e. The molecule has 2 N–H and O–H groups in total. The summed E-state index contributed by atoms with van der Waals surface area (Å²) in [6, 6.07) is -0.00648. The first kappa shape index (κ1) is 8.16. The van der Waals surface area contributed by atoms with E-state index in [-0.39, 0.29) is 11.6 Å². The Morgan fingerprint density at radius 1 is 1.42 bits per heavy atom. The number of carbonyl (C=O) groups excluding carboxylic acids is 1. The molecule has 1 atom stereocenters. The highest BCUT2D eigenvalue weighted by Gasteiger charge is 2.43. The van der Waals surface area contributed by atoms with E-state index in [9.17, 15) is 4.79 Å². The summed E-state index contributed by atoms with van der Waals surface area (Å²) >= 11 is 0. The summed E-state index contributed by atoms with van der Waals surface area (Å²) in [7, 11) is 0.